The maximum Gasteiger partial charge on any atom is 0.259 e. The van der Waals surface area contributed by atoms with Crippen LogP contribution >= 0.6 is 0 Å². The Labute approximate surface area is 175 Å². The number of rotatable bonds is 6. The number of nitrogens with one attached hydrogen (secondary N) is 1. The van der Waals surface area contributed by atoms with Crippen LogP contribution in [0.25, 0.3) is 4.72 Å². The van der Waals surface area contributed by atoms with E-state index >= 15 is 0 Å². The maximum absolute atomic E-state index is 12.7. The summed E-state index contributed by atoms with van der Waals surface area (Å²) in [5.41, 5.74) is 3.65. The fourth-order valence-corrected chi connectivity index (χ4v) is 4.03. The number of carbonyl (C=O) groups excluding carboxylic acids is 1. The lowest BCUT2D eigenvalue weighted by molar-refractivity contribution is 0.102. The summed E-state index contributed by atoms with van der Waals surface area (Å²) in [4.78, 5) is 20.7. The third kappa shape index (κ3) is 4.48. The first-order chi connectivity index (χ1) is 14.1. The second kappa shape index (κ2) is 8.23. The summed E-state index contributed by atoms with van der Waals surface area (Å²) in [6, 6.07) is 7.52. The zero-order valence-electron chi connectivity index (χ0n) is 17.5. The molecule has 0 spiro atoms. The SMILES string of the molecule is CCn1nc(C)c(C(=O)Nc2ccc(S(=O)(=O)[N-]c3nc(C)cc(C)n3)cc2)c1C. The van der Waals surface area contributed by atoms with Gasteiger partial charge in [0, 0.05) is 23.9 Å². The summed E-state index contributed by atoms with van der Waals surface area (Å²) >= 11 is 0. The van der Waals surface area contributed by atoms with Crippen molar-refractivity contribution in [3.8, 4) is 0 Å². The van der Waals surface area contributed by atoms with Crippen LogP contribution in [0.5, 0.6) is 0 Å². The highest BCUT2D eigenvalue weighted by Crippen LogP contribution is 2.26. The van der Waals surface area contributed by atoms with E-state index in [1.54, 1.807) is 31.5 Å². The van der Waals surface area contributed by atoms with Crippen LogP contribution in [0.2, 0.25) is 0 Å². The van der Waals surface area contributed by atoms with Gasteiger partial charge >= 0.3 is 0 Å². The lowest BCUT2D eigenvalue weighted by Crippen LogP contribution is -2.14. The molecule has 0 bridgehead atoms. The van der Waals surface area contributed by atoms with E-state index in [-0.39, 0.29) is 16.8 Å². The average molecular weight is 428 g/mol. The van der Waals surface area contributed by atoms with E-state index in [4.69, 9.17) is 0 Å². The van der Waals surface area contributed by atoms with Crippen LogP contribution in [0.4, 0.5) is 11.6 Å². The molecule has 2 heterocycles. The van der Waals surface area contributed by atoms with Gasteiger partial charge in [-0.05, 0) is 70.3 Å². The fourth-order valence-electron chi connectivity index (χ4n) is 3.15. The van der Waals surface area contributed by atoms with E-state index in [0.29, 0.717) is 34.9 Å². The Bertz CT molecular complexity index is 1180. The van der Waals surface area contributed by atoms with Gasteiger partial charge in [-0.25, -0.2) is 8.42 Å². The second-order valence-corrected chi connectivity index (χ2v) is 8.46. The third-order valence-electron chi connectivity index (χ3n) is 4.49. The number of nitrogens with zero attached hydrogens (tertiary/aromatic N) is 5. The Morgan fingerprint density at radius 3 is 2.20 bits per heavy atom. The normalized spacial score (nSPS) is 11.4. The number of carbonyl (C=O) groups is 1. The average Bonchev–Trinajstić information content (AvgIpc) is 2.94. The number of benzene rings is 1. The molecule has 0 aliphatic carbocycles. The Morgan fingerprint density at radius 2 is 1.67 bits per heavy atom. The summed E-state index contributed by atoms with van der Waals surface area (Å²) < 4.78 is 30.6. The second-order valence-electron chi connectivity index (χ2n) is 6.86. The molecule has 0 fully saturated rings. The van der Waals surface area contributed by atoms with Gasteiger partial charge in [0.2, 0.25) is 10.0 Å². The third-order valence-corrected chi connectivity index (χ3v) is 5.76. The molecular weight excluding hydrogens is 404 g/mol. The minimum Gasteiger partial charge on any atom is -0.363 e. The van der Waals surface area contributed by atoms with Crippen LogP contribution in [0, 0.1) is 27.7 Å². The highest BCUT2D eigenvalue weighted by Gasteiger charge is 2.19. The predicted octanol–water partition coefficient (Wildman–Crippen LogP) is 3.57. The Morgan fingerprint density at radius 1 is 1.07 bits per heavy atom. The van der Waals surface area contributed by atoms with Crippen LogP contribution in [0.1, 0.15) is 40.1 Å². The molecule has 3 rings (SSSR count). The van der Waals surface area contributed by atoms with Gasteiger partial charge in [-0.15, -0.1) is 0 Å². The van der Waals surface area contributed by atoms with Crippen molar-refractivity contribution in [1.29, 1.82) is 0 Å². The topological polar surface area (TPSA) is 121 Å². The monoisotopic (exact) mass is 427 g/mol. The van der Waals surface area contributed by atoms with Gasteiger partial charge in [-0.2, -0.15) is 5.10 Å². The molecule has 0 radical (unpaired) electrons. The highest BCUT2D eigenvalue weighted by molar-refractivity contribution is 7.94. The van der Waals surface area contributed by atoms with Crippen molar-refractivity contribution < 1.29 is 13.2 Å². The zero-order chi connectivity index (χ0) is 22.1. The minimum atomic E-state index is -3.98. The van der Waals surface area contributed by atoms with Gasteiger partial charge in [-0.3, -0.25) is 14.2 Å². The van der Waals surface area contributed by atoms with E-state index < -0.39 is 10.0 Å². The summed E-state index contributed by atoms with van der Waals surface area (Å²) in [5.74, 6) is -0.405. The molecule has 0 unspecified atom stereocenters. The Kier molecular flexibility index (Phi) is 5.88. The molecule has 0 saturated heterocycles. The van der Waals surface area contributed by atoms with Crippen molar-refractivity contribution in [2.24, 2.45) is 0 Å². The summed E-state index contributed by atoms with van der Waals surface area (Å²) in [7, 11) is -3.98. The van der Waals surface area contributed by atoms with Crippen LogP contribution in [0.3, 0.4) is 0 Å². The van der Waals surface area contributed by atoms with E-state index in [1.807, 2.05) is 13.8 Å². The molecule has 2 aromatic heterocycles. The summed E-state index contributed by atoms with van der Waals surface area (Å²) in [6.45, 7) is 9.72. The molecule has 1 N–H and O–H groups in total. The molecule has 30 heavy (non-hydrogen) atoms. The molecule has 1 aromatic carbocycles. The van der Waals surface area contributed by atoms with E-state index in [1.165, 1.54) is 24.3 Å². The molecule has 9 nitrogen and oxygen atoms in total. The largest absolute Gasteiger partial charge is 0.363 e. The van der Waals surface area contributed by atoms with Crippen molar-refractivity contribution in [2.45, 2.75) is 46.1 Å². The molecule has 0 aliphatic rings. The molecule has 0 aliphatic heterocycles. The van der Waals surface area contributed by atoms with E-state index in [2.05, 4.69) is 25.1 Å². The number of aryl methyl sites for hydroxylation is 4. The molecular formula is C20H23N6O3S-. The lowest BCUT2D eigenvalue weighted by Gasteiger charge is -2.15. The number of anilines is 1. The molecule has 3 aromatic rings. The van der Waals surface area contributed by atoms with Gasteiger partial charge in [0.1, 0.15) is 0 Å². The van der Waals surface area contributed by atoms with Crippen LogP contribution in [-0.4, -0.2) is 34.1 Å². The van der Waals surface area contributed by atoms with Crippen molar-refractivity contribution >= 4 is 27.6 Å². The summed E-state index contributed by atoms with van der Waals surface area (Å²) in [5, 5.41) is 7.12. The number of amides is 1. The summed E-state index contributed by atoms with van der Waals surface area (Å²) in [6.07, 6.45) is 0. The van der Waals surface area contributed by atoms with Crippen molar-refractivity contribution in [3.63, 3.8) is 0 Å². The quantitative estimate of drug-likeness (QED) is 0.642. The first-order valence-electron chi connectivity index (χ1n) is 9.36. The Hall–Kier alpha value is -3.27. The molecule has 10 heteroatoms. The number of hydrogen-bond acceptors (Lipinski definition) is 6. The van der Waals surface area contributed by atoms with Crippen LogP contribution in [0.15, 0.2) is 35.2 Å². The minimum absolute atomic E-state index is 0.0191. The van der Waals surface area contributed by atoms with Gasteiger partial charge in [0.25, 0.3) is 5.91 Å². The van der Waals surface area contributed by atoms with Crippen molar-refractivity contribution in [1.82, 2.24) is 19.7 Å². The maximum atomic E-state index is 12.7. The first kappa shape index (κ1) is 21.4. The zero-order valence-corrected chi connectivity index (χ0v) is 18.3. The number of hydrogen-bond donors (Lipinski definition) is 1. The van der Waals surface area contributed by atoms with Crippen molar-refractivity contribution in [2.75, 3.05) is 5.32 Å². The highest BCUT2D eigenvalue weighted by atomic mass is 32.2. The van der Waals surface area contributed by atoms with Crippen LogP contribution < -0.4 is 5.32 Å². The van der Waals surface area contributed by atoms with Crippen LogP contribution in [-0.2, 0) is 16.6 Å². The Balaban J connectivity index is 1.77. The first-order valence-corrected chi connectivity index (χ1v) is 10.8. The van der Waals surface area contributed by atoms with Gasteiger partial charge in [0.05, 0.1) is 16.2 Å². The molecule has 158 valence electrons. The smallest absolute Gasteiger partial charge is 0.259 e. The lowest BCUT2D eigenvalue weighted by atomic mass is 10.2. The van der Waals surface area contributed by atoms with Gasteiger partial charge in [0.15, 0.2) is 0 Å². The standard InChI is InChI=1S/C20H24N6O3S/c1-6-26-15(5)18(14(4)24-26)19(27)23-16-7-9-17(10-8-16)30(28,29)25-20-21-12(2)11-13(3)22-20/h7-11H,6H2,1-5H3,(H2,21,22,23,25,27)/p-1. The number of sulfonamides is 1. The molecule has 0 atom stereocenters. The molecule has 0 saturated carbocycles. The number of aromatic nitrogens is 4. The van der Waals surface area contributed by atoms with E-state index in [0.717, 1.165) is 5.69 Å². The fraction of sp³-hybridized carbons (Fsp3) is 0.300. The van der Waals surface area contributed by atoms with Crippen molar-refractivity contribution in [3.05, 3.63) is 63.4 Å². The van der Waals surface area contributed by atoms with Gasteiger partial charge in [-0.1, -0.05) is 6.07 Å². The molecule has 1 amide bonds. The van der Waals surface area contributed by atoms with Gasteiger partial charge < -0.3 is 15.3 Å². The predicted molar refractivity (Wildman–Crippen MR) is 113 cm³/mol. The van der Waals surface area contributed by atoms with E-state index in [9.17, 15) is 13.2 Å².